The maximum atomic E-state index is 11.8. The number of aryl methyl sites for hydroxylation is 3. The summed E-state index contributed by atoms with van der Waals surface area (Å²) >= 11 is 11.8. The van der Waals surface area contributed by atoms with Gasteiger partial charge in [-0.05, 0) is 50.1 Å². The molecule has 0 fully saturated rings. The third-order valence-electron chi connectivity index (χ3n) is 3.32. The molecule has 0 spiro atoms. The number of aromatic nitrogens is 2. The fraction of sp³-hybridized carbons (Fsp3) is 0.294. The molecule has 0 aliphatic carbocycles. The molecule has 0 saturated carbocycles. The Morgan fingerprint density at radius 3 is 2.70 bits per heavy atom. The minimum absolute atomic E-state index is 0.135. The quantitative estimate of drug-likeness (QED) is 0.630. The van der Waals surface area contributed by atoms with Crippen molar-refractivity contribution in [2.75, 3.05) is 6.54 Å². The molecule has 0 radical (unpaired) electrons. The van der Waals surface area contributed by atoms with E-state index in [0.717, 1.165) is 29.9 Å². The molecule has 1 N–H and O–H groups in total. The monoisotopic (exact) mass is 351 g/mol. The molecule has 0 aliphatic heterocycles. The Morgan fingerprint density at radius 1 is 1.26 bits per heavy atom. The van der Waals surface area contributed by atoms with E-state index >= 15 is 0 Å². The van der Waals surface area contributed by atoms with Crippen molar-refractivity contribution < 1.29 is 4.79 Å². The van der Waals surface area contributed by atoms with Crippen LogP contribution in [0, 0.1) is 13.8 Å². The van der Waals surface area contributed by atoms with Crippen LogP contribution in [0.4, 0.5) is 0 Å². The Hall–Kier alpha value is -1.78. The van der Waals surface area contributed by atoms with E-state index in [-0.39, 0.29) is 5.91 Å². The van der Waals surface area contributed by atoms with Crippen LogP contribution in [-0.4, -0.2) is 22.2 Å². The molecule has 23 heavy (non-hydrogen) atoms. The van der Waals surface area contributed by atoms with Crippen molar-refractivity contribution in [3.63, 3.8) is 0 Å². The minimum Gasteiger partial charge on any atom is -0.352 e. The van der Waals surface area contributed by atoms with Crippen LogP contribution < -0.4 is 5.32 Å². The summed E-state index contributed by atoms with van der Waals surface area (Å²) in [4.78, 5) is 11.8. The lowest BCUT2D eigenvalue weighted by Gasteiger charge is -2.05. The first kappa shape index (κ1) is 17.6. The SMILES string of the molecule is Cc1cc(C)n(CCCNC(=O)/C=C/c2ccc(Cl)c(Cl)c2)n1. The Morgan fingerprint density at radius 2 is 2.04 bits per heavy atom. The van der Waals surface area contributed by atoms with Crippen LogP contribution >= 0.6 is 23.2 Å². The topological polar surface area (TPSA) is 46.9 Å². The van der Waals surface area contributed by atoms with E-state index in [9.17, 15) is 4.79 Å². The minimum atomic E-state index is -0.135. The molecule has 0 unspecified atom stereocenters. The summed E-state index contributed by atoms with van der Waals surface area (Å²) in [6.07, 6.45) is 4.02. The molecule has 0 bridgehead atoms. The van der Waals surface area contributed by atoms with E-state index in [1.165, 1.54) is 6.08 Å². The van der Waals surface area contributed by atoms with Crippen LogP contribution in [0.1, 0.15) is 23.4 Å². The number of hydrogen-bond acceptors (Lipinski definition) is 2. The molecule has 0 atom stereocenters. The lowest BCUT2D eigenvalue weighted by molar-refractivity contribution is -0.116. The van der Waals surface area contributed by atoms with Gasteiger partial charge in [-0.25, -0.2) is 0 Å². The van der Waals surface area contributed by atoms with Gasteiger partial charge in [0.2, 0.25) is 5.91 Å². The van der Waals surface area contributed by atoms with Gasteiger partial charge >= 0.3 is 0 Å². The number of nitrogens with zero attached hydrogens (tertiary/aromatic N) is 2. The number of carbonyl (C=O) groups excluding carboxylic acids is 1. The molecule has 0 aliphatic rings. The second-order valence-corrected chi connectivity index (χ2v) is 6.12. The average Bonchev–Trinajstić information content (AvgIpc) is 2.83. The Kier molecular flexibility index (Phi) is 6.25. The summed E-state index contributed by atoms with van der Waals surface area (Å²) in [7, 11) is 0. The molecule has 1 amide bonds. The maximum Gasteiger partial charge on any atom is 0.244 e. The van der Waals surface area contributed by atoms with Crippen LogP contribution in [0.3, 0.4) is 0 Å². The van der Waals surface area contributed by atoms with Gasteiger partial charge in [-0.3, -0.25) is 9.48 Å². The highest BCUT2D eigenvalue weighted by atomic mass is 35.5. The number of rotatable bonds is 6. The highest BCUT2D eigenvalue weighted by Crippen LogP contribution is 2.23. The zero-order chi connectivity index (χ0) is 16.8. The van der Waals surface area contributed by atoms with E-state index < -0.39 is 0 Å². The van der Waals surface area contributed by atoms with Crippen molar-refractivity contribution in [1.29, 1.82) is 0 Å². The number of hydrogen-bond donors (Lipinski definition) is 1. The first-order chi connectivity index (χ1) is 11.0. The molecular weight excluding hydrogens is 333 g/mol. The summed E-state index contributed by atoms with van der Waals surface area (Å²) in [6, 6.07) is 7.27. The molecule has 122 valence electrons. The predicted molar refractivity (Wildman–Crippen MR) is 94.8 cm³/mol. The van der Waals surface area contributed by atoms with E-state index in [4.69, 9.17) is 23.2 Å². The van der Waals surface area contributed by atoms with E-state index in [1.54, 1.807) is 24.3 Å². The number of halogens is 2. The van der Waals surface area contributed by atoms with Crippen molar-refractivity contribution in [3.05, 3.63) is 57.3 Å². The van der Waals surface area contributed by atoms with Crippen molar-refractivity contribution >= 4 is 35.2 Å². The Labute approximate surface area is 146 Å². The fourth-order valence-corrected chi connectivity index (χ4v) is 2.50. The largest absolute Gasteiger partial charge is 0.352 e. The first-order valence-electron chi connectivity index (χ1n) is 7.38. The molecule has 2 aromatic rings. The van der Waals surface area contributed by atoms with E-state index in [2.05, 4.69) is 10.4 Å². The average molecular weight is 352 g/mol. The zero-order valence-corrected chi connectivity index (χ0v) is 14.7. The maximum absolute atomic E-state index is 11.8. The molecule has 4 nitrogen and oxygen atoms in total. The van der Waals surface area contributed by atoms with Gasteiger partial charge in [-0.2, -0.15) is 5.10 Å². The van der Waals surface area contributed by atoms with Gasteiger partial charge < -0.3 is 5.32 Å². The molecule has 1 aromatic heterocycles. The zero-order valence-electron chi connectivity index (χ0n) is 13.1. The predicted octanol–water partition coefficient (Wildman–Crippen LogP) is 4.03. The highest BCUT2D eigenvalue weighted by Gasteiger charge is 2.01. The van der Waals surface area contributed by atoms with Crippen LogP contribution in [0.5, 0.6) is 0 Å². The van der Waals surface area contributed by atoms with Crippen LogP contribution in [0.15, 0.2) is 30.3 Å². The van der Waals surface area contributed by atoms with Crippen molar-refractivity contribution in [3.8, 4) is 0 Å². The normalized spacial score (nSPS) is 11.1. The smallest absolute Gasteiger partial charge is 0.244 e. The first-order valence-corrected chi connectivity index (χ1v) is 8.13. The number of amides is 1. The molecule has 0 saturated heterocycles. The van der Waals surface area contributed by atoms with E-state index in [0.29, 0.717) is 16.6 Å². The molecule has 1 heterocycles. The van der Waals surface area contributed by atoms with Gasteiger partial charge in [0.1, 0.15) is 0 Å². The summed E-state index contributed by atoms with van der Waals surface area (Å²) in [5, 5.41) is 8.20. The van der Waals surface area contributed by atoms with Crippen LogP contribution in [0.25, 0.3) is 6.08 Å². The standard InChI is InChI=1S/C17H19Cl2N3O/c1-12-10-13(2)22(21-12)9-3-8-20-17(23)7-5-14-4-6-15(18)16(19)11-14/h4-7,10-11H,3,8-9H2,1-2H3,(H,20,23)/b7-5+. The fourth-order valence-electron chi connectivity index (χ4n) is 2.19. The van der Waals surface area contributed by atoms with Crippen molar-refractivity contribution in [1.82, 2.24) is 15.1 Å². The van der Waals surface area contributed by atoms with Crippen LogP contribution in [0.2, 0.25) is 10.0 Å². The molecule has 1 aromatic carbocycles. The van der Waals surface area contributed by atoms with Gasteiger partial charge in [-0.15, -0.1) is 0 Å². The number of carbonyl (C=O) groups is 1. The Bertz CT molecular complexity index is 723. The van der Waals surface area contributed by atoms with Crippen molar-refractivity contribution in [2.45, 2.75) is 26.8 Å². The van der Waals surface area contributed by atoms with Crippen LogP contribution in [-0.2, 0) is 11.3 Å². The number of nitrogens with one attached hydrogen (secondary N) is 1. The Balaban J connectivity index is 1.75. The third-order valence-corrected chi connectivity index (χ3v) is 4.06. The van der Waals surface area contributed by atoms with Gasteiger partial charge in [0.05, 0.1) is 15.7 Å². The second-order valence-electron chi connectivity index (χ2n) is 5.30. The lowest BCUT2D eigenvalue weighted by Crippen LogP contribution is -2.23. The van der Waals surface area contributed by atoms with Gasteiger partial charge in [0.25, 0.3) is 0 Å². The van der Waals surface area contributed by atoms with Gasteiger partial charge in [-0.1, -0.05) is 29.3 Å². The summed E-state index contributed by atoms with van der Waals surface area (Å²) in [6.45, 7) is 5.39. The lowest BCUT2D eigenvalue weighted by atomic mass is 10.2. The molecule has 6 heteroatoms. The summed E-state index contributed by atoms with van der Waals surface area (Å²) < 4.78 is 1.95. The van der Waals surface area contributed by atoms with Crippen molar-refractivity contribution in [2.24, 2.45) is 0 Å². The summed E-state index contributed by atoms with van der Waals surface area (Å²) in [5.41, 5.74) is 2.97. The van der Waals surface area contributed by atoms with Gasteiger partial charge in [0.15, 0.2) is 0 Å². The highest BCUT2D eigenvalue weighted by molar-refractivity contribution is 6.42. The molecular formula is C17H19Cl2N3O. The second kappa shape index (κ2) is 8.18. The number of benzene rings is 1. The molecule has 2 rings (SSSR count). The van der Waals surface area contributed by atoms with Gasteiger partial charge in [0, 0.05) is 24.9 Å². The van der Waals surface area contributed by atoms with E-state index in [1.807, 2.05) is 24.6 Å². The summed E-state index contributed by atoms with van der Waals surface area (Å²) in [5.74, 6) is -0.135. The third kappa shape index (κ3) is 5.41.